The first-order chi connectivity index (χ1) is 15.9. The van der Waals surface area contributed by atoms with Gasteiger partial charge in [-0.15, -0.1) is 22.7 Å². The zero-order chi connectivity index (χ0) is 23.8. The van der Waals surface area contributed by atoms with Gasteiger partial charge in [0.1, 0.15) is 0 Å². The summed E-state index contributed by atoms with van der Waals surface area (Å²) in [6, 6.07) is 3.79. The molecule has 1 aliphatic rings. The number of thiazole rings is 1. The number of piperidine rings is 1. The first-order valence-corrected chi connectivity index (χ1v) is 12.6. The Labute approximate surface area is 200 Å². The average molecular weight is 493 g/mol. The molecule has 0 aliphatic carbocycles. The van der Waals surface area contributed by atoms with Gasteiger partial charge in [-0.2, -0.15) is 0 Å². The van der Waals surface area contributed by atoms with E-state index in [1.54, 1.807) is 24.3 Å². The van der Waals surface area contributed by atoms with Crippen LogP contribution in [0.5, 0.6) is 0 Å². The van der Waals surface area contributed by atoms with Crippen molar-refractivity contribution in [1.29, 1.82) is 0 Å². The molecule has 0 aromatic carbocycles. The number of nitrogens with zero attached hydrogens (tertiary/aromatic N) is 3. The fourth-order valence-corrected chi connectivity index (χ4v) is 4.95. The summed E-state index contributed by atoms with van der Waals surface area (Å²) in [4.78, 5) is 57.6. The van der Waals surface area contributed by atoms with Crippen LogP contribution in [0.3, 0.4) is 0 Å². The molecule has 11 heteroatoms. The first-order valence-electron chi connectivity index (χ1n) is 10.8. The van der Waals surface area contributed by atoms with Crippen molar-refractivity contribution in [3.05, 3.63) is 33.5 Å². The van der Waals surface area contributed by atoms with Crippen molar-refractivity contribution >= 4 is 51.5 Å². The summed E-state index contributed by atoms with van der Waals surface area (Å²) in [5, 5.41) is 6.84. The van der Waals surface area contributed by atoms with Gasteiger partial charge in [0.2, 0.25) is 17.7 Å². The van der Waals surface area contributed by atoms with E-state index in [0.29, 0.717) is 36.9 Å². The van der Waals surface area contributed by atoms with Gasteiger partial charge < -0.3 is 19.9 Å². The largest absolute Gasteiger partial charge is 0.466 e. The number of nitrogens with one attached hydrogen (secondary N) is 1. The molecule has 0 radical (unpaired) electrons. The molecule has 1 unspecified atom stereocenters. The van der Waals surface area contributed by atoms with Crippen molar-refractivity contribution in [3.8, 4) is 0 Å². The van der Waals surface area contributed by atoms with Crippen molar-refractivity contribution in [2.75, 3.05) is 38.6 Å². The topological polar surface area (TPSA) is 109 Å². The first kappa shape index (κ1) is 24.8. The fraction of sp³-hybridized carbons (Fsp3) is 0.500. The number of thiophene rings is 1. The van der Waals surface area contributed by atoms with E-state index >= 15 is 0 Å². The molecule has 1 fully saturated rings. The predicted octanol–water partition coefficient (Wildman–Crippen LogP) is 2.19. The van der Waals surface area contributed by atoms with Gasteiger partial charge in [0.05, 0.1) is 37.6 Å². The van der Waals surface area contributed by atoms with Crippen LogP contribution in [0.2, 0.25) is 0 Å². The number of esters is 1. The number of hydrogen-bond donors (Lipinski definition) is 1. The van der Waals surface area contributed by atoms with Crippen LogP contribution in [0.25, 0.3) is 0 Å². The lowest BCUT2D eigenvalue weighted by Crippen LogP contribution is -2.47. The van der Waals surface area contributed by atoms with Crippen LogP contribution in [0.15, 0.2) is 22.9 Å². The van der Waals surface area contributed by atoms with Crippen LogP contribution >= 0.6 is 22.7 Å². The van der Waals surface area contributed by atoms with Gasteiger partial charge >= 0.3 is 5.97 Å². The number of anilines is 1. The Bertz CT molecular complexity index is 975. The normalized spacial score (nSPS) is 15.7. The molecule has 2 aromatic rings. The average Bonchev–Trinajstić information content (AvgIpc) is 3.46. The monoisotopic (exact) mass is 492 g/mol. The fourth-order valence-electron chi connectivity index (χ4n) is 3.52. The third kappa shape index (κ3) is 7.36. The van der Waals surface area contributed by atoms with E-state index in [9.17, 15) is 19.2 Å². The zero-order valence-electron chi connectivity index (χ0n) is 18.7. The lowest BCUT2D eigenvalue weighted by atomic mass is 9.98. The maximum atomic E-state index is 12.7. The molecule has 178 valence electrons. The Kier molecular flexibility index (Phi) is 8.95. The number of amides is 3. The zero-order valence-corrected chi connectivity index (χ0v) is 20.4. The van der Waals surface area contributed by atoms with Gasteiger partial charge in [-0.25, -0.2) is 4.98 Å². The van der Waals surface area contributed by atoms with Crippen molar-refractivity contribution in [2.24, 2.45) is 5.92 Å². The van der Waals surface area contributed by atoms with E-state index in [-0.39, 0.29) is 49.0 Å². The summed E-state index contributed by atoms with van der Waals surface area (Å²) in [7, 11) is 1.57. The highest BCUT2D eigenvalue weighted by Crippen LogP contribution is 2.19. The summed E-state index contributed by atoms with van der Waals surface area (Å²) >= 11 is 2.77. The molecule has 0 bridgehead atoms. The molecule has 3 rings (SSSR count). The molecular weight excluding hydrogens is 464 g/mol. The number of carbonyl (C=O) groups excluding carboxylic acids is 4. The van der Waals surface area contributed by atoms with Crippen LogP contribution in [0.1, 0.15) is 30.3 Å². The maximum Gasteiger partial charge on any atom is 0.310 e. The number of aromatic nitrogens is 1. The highest BCUT2D eigenvalue weighted by Gasteiger charge is 2.30. The molecule has 9 nitrogen and oxygen atoms in total. The smallest absolute Gasteiger partial charge is 0.310 e. The number of ether oxygens (including phenoxy) is 1. The summed E-state index contributed by atoms with van der Waals surface area (Å²) in [5.41, 5.74) is 0.538. The van der Waals surface area contributed by atoms with Gasteiger partial charge in [0, 0.05) is 30.4 Å². The third-order valence-electron chi connectivity index (χ3n) is 5.24. The number of likely N-dealkylation sites (tertiary alicyclic amines) is 1. The quantitative estimate of drug-likeness (QED) is 0.538. The van der Waals surface area contributed by atoms with Crippen LogP contribution in [0, 0.1) is 5.92 Å². The third-order valence-corrected chi connectivity index (χ3v) is 6.92. The van der Waals surface area contributed by atoms with Crippen molar-refractivity contribution in [3.63, 3.8) is 0 Å². The lowest BCUT2D eigenvalue weighted by molar-refractivity contribution is -0.152. The second kappa shape index (κ2) is 11.9. The molecular formula is C22H28N4O5S2. The highest BCUT2D eigenvalue weighted by molar-refractivity contribution is 7.14. The summed E-state index contributed by atoms with van der Waals surface area (Å²) in [6.45, 7) is 2.90. The SMILES string of the molecule is CCOC(=O)C1CCCN(C(=O)CN(C)C(=O)Cc2csc(NC(=O)Cc3cccs3)n2)C1. The maximum absolute atomic E-state index is 12.7. The Morgan fingerprint density at radius 3 is 2.82 bits per heavy atom. The van der Waals surface area contributed by atoms with Crippen LogP contribution in [0.4, 0.5) is 5.13 Å². The van der Waals surface area contributed by atoms with Crippen molar-refractivity contribution < 1.29 is 23.9 Å². The second-order valence-electron chi connectivity index (χ2n) is 7.81. The van der Waals surface area contributed by atoms with Crippen molar-refractivity contribution in [2.45, 2.75) is 32.6 Å². The van der Waals surface area contributed by atoms with Gasteiger partial charge in [0.25, 0.3) is 0 Å². The Morgan fingerprint density at radius 1 is 1.27 bits per heavy atom. The van der Waals surface area contributed by atoms with Crippen molar-refractivity contribution in [1.82, 2.24) is 14.8 Å². The highest BCUT2D eigenvalue weighted by atomic mass is 32.1. The van der Waals surface area contributed by atoms with Gasteiger partial charge in [-0.1, -0.05) is 6.07 Å². The lowest BCUT2D eigenvalue weighted by Gasteiger charge is -2.32. The molecule has 1 saturated heterocycles. The summed E-state index contributed by atoms with van der Waals surface area (Å²) in [5.74, 6) is -1.19. The predicted molar refractivity (Wildman–Crippen MR) is 126 cm³/mol. The minimum atomic E-state index is -0.313. The van der Waals surface area contributed by atoms with Gasteiger partial charge in [-0.05, 0) is 31.2 Å². The molecule has 3 amide bonds. The summed E-state index contributed by atoms with van der Waals surface area (Å²) in [6.07, 6.45) is 1.75. The van der Waals surface area contributed by atoms with E-state index in [4.69, 9.17) is 4.74 Å². The number of likely N-dealkylation sites (N-methyl/N-ethyl adjacent to an activating group) is 1. The number of hydrogen-bond acceptors (Lipinski definition) is 8. The molecule has 2 aromatic heterocycles. The van der Waals surface area contributed by atoms with E-state index in [1.165, 1.54) is 27.6 Å². The molecule has 3 heterocycles. The van der Waals surface area contributed by atoms with Gasteiger partial charge in [-0.3, -0.25) is 19.2 Å². The molecule has 0 saturated carbocycles. The van der Waals surface area contributed by atoms with E-state index < -0.39 is 0 Å². The molecule has 1 N–H and O–H groups in total. The van der Waals surface area contributed by atoms with E-state index in [1.807, 2.05) is 17.5 Å². The molecule has 33 heavy (non-hydrogen) atoms. The van der Waals surface area contributed by atoms with E-state index in [0.717, 1.165) is 11.3 Å². The Balaban J connectivity index is 1.46. The van der Waals surface area contributed by atoms with Crippen LogP contribution in [-0.4, -0.2) is 71.8 Å². The Hall–Kier alpha value is -2.79. The molecule has 0 spiro atoms. The minimum absolute atomic E-state index is 0.0343. The molecule has 1 atom stereocenters. The van der Waals surface area contributed by atoms with Gasteiger partial charge in [0.15, 0.2) is 5.13 Å². The Morgan fingerprint density at radius 2 is 2.09 bits per heavy atom. The standard InChI is InChI=1S/C22H28N4O5S2/c1-3-31-21(30)15-6-4-8-26(12-15)20(29)13-25(2)19(28)10-16-14-33-22(23-16)24-18(27)11-17-7-5-9-32-17/h5,7,9,14-15H,3-4,6,8,10-13H2,1-2H3,(H,23,24,27). The molecule has 1 aliphatic heterocycles. The second-order valence-corrected chi connectivity index (χ2v) is 9.70. The number of rotatable bonds is 9. The minimum Gasteiger partial charge on any atom is -0.466 e. The van der Waals surface area contributed by atoms with E-state index in [2.05, 4.69) is 10.3 Å². The van der Waals surface area contributed by atoms with Crippen LogP contribution in [-0.2, 0) is 36.8 Å². The van der Waals surface area contributed by atoms with Crippen LogP contribution < -0.4 is 5.32 Å². The number of carbonyl (C=O) groups is 4. The summed E-state index contributed by atoms with van der Waals surface area (Å²) < 4.78 is 5.07.